The molecule has 0 atom stereocenters. The number of fused-ring (bicyclic) bond motifs is 1. The van der Waals surface area contributed by atoms with Gasteiger partial charge in [-0.2, -0.15) is 0 Å². The molecule has 2 heterocycles. The van der Waals surface area contributed by atoms with Gasteiger partial charge in [-0.1, -0.05) is 36.4 Å². The third-order valence-electron chi connectivity index (χ3n) is 3.55. The molecule has 0 bridgehead atoms. The molecular weight excluding hydrogens is 206 g/mol. The number of benzene rings is 1. The van der Waals surface area contributed by atoms with Crippen LogP contribution in [0.1, 0.15) is 24.7 Å². The van der Waals surface area contributed by atoms with Gasteiger partial charge in [-0.25, -0.2) is 0 Å². The molecule has 1 aliphatic rings. The maximum atomic E-state index is 2.39. The van der Waals surface area contributed by atoms with Gasteiger partial charge in [0.15, 0.2) is 0 Å². The van der Waals surface area contributed by atoms with Gasteiger partial charge in [0.2, 0.25) is 0 Å². The largest absolute Gasteiger partial charge is 0.322 e. The minimum absolute atomic E-state index is 1.15. The van der Waals surface area contributed by atoms with E-state index in [1.807, 2.05) is 0 Å². The zero-order valence-electron chi connectivity index (χ0n) is 10.4. The normalized spacial score (nSPS) is 14.4. The Bertz CT molecular complexity index is 573. The van der Waals surface area contributed by atoms with E-state index in [4.69, 9.17) is 0 Å². The summed E-state index contributed by atoms with van der Waals surface area (Å²) in [4.78, 5) is 0. The molecule has 0 fully saturated rings. The standard InChI is InChI=1S/C16H17N/c1-12-7-6-10-16-15(11-13(2)17(12)16)14-8-4-3-5-9-14/h3-5,7-9,11H,6,10H2,1-2H3. The molecule has 3 rings (SSSR count). The zero-order chi connectivity index (χ0) is 11.8. The first kappa shape index (κ1) is 10.4. The van der Waals surface area contributed by atoms with Gasteiger partial charge in [0.1, 0.15) is 0 Å². The molecule has 2 aromatic rings. The van der Waals surface area contributed by atoms with Crippen molar-refractivity contribution in [1.29, 1.82) is 0 Å². The summed E-state index contributed by atoms with van der Waals surface area (Å²) >= 11 is 0. The quantitative estimate of drug-likeness (QED) is 0.680. The molecule has 1 heteroatoms. The highest BCUT2D eigenvalue weighted by Crippen LogP contribution is 2.32. The topological polar surface area (TPSA) is 4.93 Å². The first-order chi connectivity index (χ1) is 8.27. The molecule has 0 saturated carbocycles. The van der Waals surface area contributed by atoms with Gasteiger partial charge in [0, 0.05) is 22.6 Å². The number of aromatic nitrogens is 1. The van der Waals surface area contributed by atoms with E-state index in [9.17, 15) is 0 Å². The predicted molar refractivity (Wildman–Crippen MR) is 72.9 cm³/mol. The van der Waals surface area contributed by atoms with E-state index in [0.29, 0.717) is 0 Å². The fourth-order valence-electron chi connectivity index (χ4n) is 2.80. The van der Waals surface area contributed by atoms with Gasteiger partial charge in [-0.15, -0.1) is 0 Å². The van der Waals surface area contributed by atoms with Crippen molar-refractivity contribution in [2.75, 3.05) is 0 Å². The van der Waals surface area contributed by atoms with Crippen LogP contribution in [-0.2, 0) is 6.42 Å². The van der Waals surface area contributed by atoms with Crippen molar-refractivity contribution in [3.05, 3.63) is 53.9 Å². The molecule has 0 amide bonds. The van der Waals surface area contributed by atoms with Crippen molar-refractivity contribution in [2.24, 2.45) is 0 Å². The van der Waals surface area contributed by atoms with Gasteiger partial charge in [0.25, 0.3) is 0 Å². The lowest BCUT2D eigenvalue weighted by atomic mass is 10.0. The van der Waals surface area contributed by atoms with Gasteiger partial charge in [-0.3, -0.25) is 0 Å². The Morgan fingerprint density at radius 1 is 1.06 bits per heavy atom. The van der Waals surface area contributed by atoms with Gasteiger partial charge in [0.05, 0.1) is 0 Å². The predicted octanol–water partition coefficient (Wildman–Crippen LogP) is 4.27. The number of rotatable bonds is 1. The highest BCUT2D eigenvalue weighted by atomic mass is 15.0. The molecule has 86 valence electrons. The second-order valence-electron chi connectivity index (χ2n) is 4.73. The maximum Gasteiger partial charge on any atom is 0.0307 e. The fraction of sp³-hybridized carbons (Fsp3) is 0.250. The van der Waals surface area contributed by atoms with E-state index < -0.39 is 0 Å². The first-order valence-electron chi connectivity index (χ1n) is 6.21. The molecule has 1 aromatic heterocycles. The van der Waals surface area contributed by atoms with Gasteiger partial charge >= 0.3 is 0 Å². The molecular formula is C16H17N. The number of allylic oxidation sites excluding steroid dienone is 2. The molecule has 1 aliphatic heterocycles. The van der Waals surface area contributed by atoms with E-state index in [2.05, 4.69) is 60.9 Å². The lowest BCUT2D eigenvalue weighted by Crippen LogP contribution is -2.07. The van der Waals surface area contributed by atoms with Crippen LogP contribution in [0.5, 0.6) is 0 Å². The molecule has 0 saturated heterocycles. The highest BCUT2D eigenvalue weighted by Gasteiger charge is 2.17. The maximum absolute atomic E-state index is 2.39. The van der Waals surface area contributed by atoms with Crippen LogP contribution < -0.4 is 0 Å². The van der Waals surface area contributed by atoms with Crippen LogP contribution in [0.15, 0.2) is 42.5 Å². The Hall–Kier alpha value is -1.76. The number of nitrogens with zero attached hydrogens (tertiary/aromatic N) is 1. The van der Waals surface area contributed by atoms with Crippen LogP contribution in [0.25, 0.3) is 16.8 Å². The SMILES string of the molecule is CC1=CCCc2c(-c3ccccc3)cc(C)n21. The smallest absolute Gasteiger partial charge is 0.0307 e. The van der Waals surface area contributed by atoms with Crippen LogP contribution in [0.2, 0.25) is 0 Å². The minimum atomic E-state index is 1.15. The van der Waals surface area contributed by atoms with E-state index in [1.165, 1.54) is 28.2 Å². The van der Waals surface area contributed by atoms with Crippen molar-refractivity contribution in [3.8, 4) is 11.1 Å². The highest BCUT2D eigenvalue weighted by molar-refractivity contribution is 5.70. The van der Waals surface area contributed by atoms with Crippen molar-refractivity contribution in [1.82, 2.24) is 4.57 Å². The molecule has 0 unspecified atom stereocenters. The number of hydrogen-bond acceptors (Lipinski definition) is 0. The van der Waals surface area contributed by atoms with Gasteiger partial charge in [-0.05, 0) is 38.3 Å². The number of aryl methyl sites for hydroxylation is 1. The lowest BCUT2D eigenvalue weighted by Gasteiger charge is -2.17. The Balaban J connectivity index is 2.21. The number of hydrogen-bond donors (Lipinski definition) is 0. The average molecular weight is 223 g/mol. The summed E-state index contributed by atoms with van der Waals surface area (Å²) < 4.78 is 2.39. The zero-order valence-corrected chi connectivity index (χ0v) is 10.4. The Kier molecular flexibility index (Phi) is 2.40. The van der Waals surface area contributed by atoms with Crippen LogP contribution in [0, 0.1) is 6.92 Å². The van der Waals surface area contributed by atoms with E-state index in [-0.39, 0.29) is 0 Å². The van der Waals surface area contributed by atoms with Crippen LogP contribution >= 0.6 is 0 Å². The van der Waals surface area contributed by atoms with E-state index >= 15 is 0 Å². The van der Waals surface area contributed by atoms with Crippen molar-refractivity contribution in [3.63, 3.8) is 0 Å². The van der Waals surface area contributed by atoms with E-state index in [0.717, 1.165) is 12.8 Å². The summed E-state index contributed by atoms with van der Waals surface area (Å²) in [6, 6.07) is 13.0. The second-order valence-corrected chi connectivity index (χ2v) is 4.73. The Morgan fingerprint density at radius 2 is 1.82 bits per heavy atom. The summed E-state index contributed by atoms with van der Waals surface area (Å²) in [5.74, 6) is 0. The Morgan fingerprint density at radius 3 is 2.59 bits per heavy atom. The molecule has 0 aliphatic carbocycles. The summed E-state index contributed by atoms with van der Waals surface area (Å²) in [6.07, 6.45) is 4.64. The van der Waals surface area contributed by atoms with Crippen LogP contribution in [0.3, 0.4) is 0 Å². The summed E-state index contributed by atoms with van der Waals surface area (Å²) in [5, 5.41) is 0. The molecule has 17 heavy (non-hydrogen) atoms. The third kappa shape index (κ3) is 1.62. The van der Waals surface area contributed by atoms with Crippen LogP contribution in [0.4, 0.5) is 0 Å². The molecule has 0 radical (unpaired) electrons. The summed E-state index contributed by atoms with van der Waals surface area (Å²) in [5.41, 5.74) is 6.90. The average Bonchev–Trinajstić information content (AvgIpc) is 2.69. The minimum Gasteiger partial charge on any atom is -0.322 e. The van der Waals surface area contributed by atoms with E-state index in [1.54, 1.807) is 0 Å². The third-order valence-corrected chi connectivity index (χ3v) is 3.55. The first-order valence-corrected chi connectivity index (χ1v) is 6.21. The van der Waals surface area contributed by atoms with Crippen molar-refractivity contribution in [2.45, 2.75) is 26.7 Å². The van der Waals surface area contributed by atoms with Crippen LogP contribution in [-0.4, -0.2) is 4.57 Å². The molecule has 0 N–H and O–H groups in total. The lowest BCUT2D eigenvalue weighted by molar-refractivity contribution is 0.835. The molecule has 1 nitrogen and oxygen atoms in total. The summed E-state index contributed by atoms with van der Waals surface area (Å²) in [6.45, 7) is 4.39. The monoisotopic (exact) mass is 223 g/mol. The fourth-order valence-corrected chi connectivity index (χ4v) is 2.80. The van der Waals surface area contributed by atoms with Crippen molar-refractivity contribution < 1.29 is 0 Å². The van der Waals surface area contributed by atoms with Crippen molar-refractivity contribution >= 4 is 5.70 Å². The molecule has 1 aromatic carbocycles. The Labute approximate surface area is 102 Å². The molecule has 0 spiro atoms. The summed E-state index contributed by atoms with van der Waals surface area (Å²) in [7, 11) is 0. The second kappa shape index (κ2) is 3.92. The van der Waals surface area contributed by atoms with Gasteiger partial charge < -0.3 is 4.57 Å².